The molecule has 0 bridgehead atoms. The summed E-state index contributed by atoms with van der Waals surface area (Å²) in [6.45, 7) is 3.91. The molecule has 8 heteroatoms. The van der Waals surface area contributed by atoms with E-state index in [0.717, 1.165) is 12.0 Å². The largest absolute Gasteiger partial charge is 0.492 e. The topological polar surface area (TPSA) is 111 Å². The molecular formula is C13H19N3O4S. The smallest absolute Gasteiger partial charge is 0.328 e. The highest BCUT2D eigenvalue weighted by Gasteiger charge is 2.26. The first-order chi connectivity index (χ1) is 9.79. The lowest BCUT2D eigenvalue weighted by atomic mass is 10.1. The molecule has 0 radical (unpaired) electrons. The van der Waals surface area contributed by atoms with Gasteiger partial charge < -0.3 is 15.8 Å². The van der Waals surface area contributed by atoms with Crippen molar-refractivity contribution in [2.45, 2.75) is 37.6 Å². The number of aryl methyl sites for hydroxylation is 1. The minimum Gasteiger partial charge on any atom is -0.492 e. The van der Waals surface area contributed by atoms with E-state index in [9.17, 15) is 13.2 Å². The maximum atomic E-state index is 12.3. The second kappa shape index (κ2) is 5.80. The summed E-state index contributed by atoms with van der Waals surface area (Å²) < 4.78 is 32.1. The van der Waals surface area contributed by atoms with Gasteiger partial charge in [0, 0.05) is 11.7 Å². The zero-order chi connectivity index (χ0) is 15.6. The van der Waals surface area contributed by atoms with Crippen molar-refractivity contribution in [1.82, 2.24) is 10.0 Å². The van der Waals surface area contributed by atoms with Gasteiger partial charge in [0.2, 0.25) is 0 Å². The van der Waals surface area contributed by atoms with Crippen LogP contribution in [0.5, 0.6) is 5.75 Å². The fourth-order valence-electron chi connectivity index (χ4n) is 2.14. The molecule has 0 aliphatic carbocycles. The first-order valence-corrected chi connectivity index (χ1v) is 8.16. The number of ether oxygens (including phenoxy) is 1. The molecule has 0 saturated carbocycles. The van der Waals surface area contributed by atoms with Gasteiger partial charge in [-0.2, -0.15) is 0 Å². The molecule has 2 rings (SSSR count). The fourth-order valence-corrected chi connectivity index (χ4v) is 3.28. The highest BCUT2D eigenvalue weighted by molar-refractivity contribution is 7.90. The fraction of sp³-hybridized carbons (Fsp3) is 0.462. The molecule has 2 amide bonds. The molecule has 21 heavy (non-hydrogen) atoms. The summed E-state index contributed by atoms with van der Waals surface area (Å²) in [7, 11) is -4.04. The molecule has 0 aromatic heterocycles. The standard InChI is InChI=1S/C13H19N3O4S/c1-8(2)15-13(17)16-21(18,19)11-7-10(14)6-9-4-3-5-20-12(9)11/h6-8H,3-5,14H2,1-2H3,(H2,15,16,17). The van der Waals surface area contributed by atoms with Crippen molar-refractivity contribution in [2.24, 2.45) is 0 Å². The Morgan fingerprint density at radius 3 is 2.76 bits per heavy atom. The van der Waals surface area contributed by atoms with Crippen LogP contribution >= 0.6 is 0 Å². The Hall–Kier alpha value is -1.96. The van der Waals surface area contributed by atoms with Crippen LogP contribution in [0.4, 0.5) is 10.5 Å². The molecule has 1 aromatic carbocycles. The number of hydrogen-bond donors (Lipinski definition) is 3. The molecule has 0 atom stereocenters. The number of carbonyl (C=O) groups excluding carboxylic acids is 1. The van der Waals surface area contributed by atoms with Crippen LogP contribution in [-0.4, -0.2) is 27.1 Å². The first kappa shape index (κ1) is 15.4. The number of rotatable bonds is 3. The third-order valence-electron chi connectivity index (χ3n) is 2.93. The lowest BCUT2D eigenvalue weighted by molar-refractivity contribution is 0.243. The Labute approximate surface area is 123 Å². The summed E-state index contributed by atoms with van der Waals surface area (Å²) >= 11 is 0. The second-order valence-corrected chi connectivity index (χ2v) is 6.84. The van der Waals surface area contributed by atoms with Crippen molar-refractivity contribution in [2.75, 3.05) is 12.3 Å². The number of benzene rings is 1. The molecule has 0 spiro atoms. The van der Waals surface area contributed by atoms with Gasteiger partial charge in [0.1, 0.15) is 10.6 Å². The first-order valence-electron chi connectivity index (χ1n) is 6.68. The Kier molecular flexibility index (Phi) is 4.26. The van der Waals surface area contributed by atoms with E-state index in [2.05, 4.69) is 5.32 Å². The van der Waals surface area contributed by atoms with Crippen LogP contribution < -0.4 is 20.5 Å². The van der Waals surface area contributed by atoms with E-state index >= 15 is 0 Å². The summed E-state index contributed by atoms with van der Waals surface area (Å²) in [6, 6.07) is 2.04. The molecule has 1 aromatic rings. The molecule has 0 unspecified atom stereocenters. The molecule has 116 valence electrons. The number of sulfonamides is 1. The third kappa shape index (κ3) is 3.57. The predicted octanol–water partition coefficient (Wildman–Crippen LogP) is 0.990. The molecule has 4 N–H and O–H groups in total. The molecule has 1 aliphatic rings. The van der Waals surface area contributed by atoms with Gasteiger partial charge >= 0.3 is 6.03 Å². The van der Waals surface area contributed by atoms with Gasteiger partial charge in [-0.1, -0.05) is 0 Å². The number of anilines is 1. The minimum atomic E-state index is -4.04. The normalized spacial score (nSPS) is 14.2. The van der Waals surface area contributed by atoms with Gasteiger partial charge in [0.25, 0.3) is 10.0 Å². The van der Waals surface area contributed by atoms with E-state index in [0.29, 0.717) is 18.7 Å². The highest BCUT2D eigenvalue weighted by Crippen LogP contribution is 2.34. The van der Waals surface area contributed by atoms with Crippen LogP contribution in [0.2, 0.25) is 0 Å². The van der Waals surface area contributed by atoms with Gasteiger partial charge in [-0.05, 0) is 44.4 Å². The van der Waals surface area contributed by atoms with Crippen LogP contribution in [0.15, 0.2) is 17.0 Å². The summed E-state index contributed by atoms with van der Waals surface area (Å²) in [5.74, 6) is 0.278. The van der Waals surface area contributed by atoms with Gasteiger partial charge in [-0.25, -0.2) is 17.9 Å². The van der Waals surface area contributed by atoms with Gasteiger partial charge in [0.15, 0.2) is 0 Å². The number of urea groups is 1. The SMILES string of the molecule is CC(C)NC(=O)NS(=O)(=O)c1cc(N)cc2c1OCCC2. The maximum absolute atomic E-state index is 12.3. The zero-order valence-corrected chi connectivity index (χ0v) is 12.8. The number of nitrogens with one attached hydrogen (secondary N) is 2. The van der Waals surface area contributed by atoms with E-state index in [1.165, 1.54) is 6.07 Å². The van der Waals surface area contributed by atoms with Crippen molar-refractivity contribution in [1.29, 1.82) is 0 Å². The number of carbonyl (C=O) groups is 1. The van der Waals surface area contributed by atoms with E-state index in [4.69, 9.17) is 10.5 Å². The average molecular weight is 313 g/mol. The summed E-state index contributed by atoms with van der Waals surface area (Å²) in [6.07, 6.45) is 1.50. The molecule has 1 aliphatic heterocycles. The summed E-state index contributed by atoms with van der Waals surface area (Å²) in [4.78, 5) is 11.5. The van der Waals surface area contributed by atoms with E-state index in [-0.39, 0.29) is 16.7 Å². The monoisotopic (exact) mass is 313 g/mol. The Morgan fingerprint density at radius 2 is 2.10 bits per heavy atom. The van der Waals surface area contributed by atoms with Crippen molar-refractivity contribution in [3.05, 3.63) is 17.7 Å². The molecule has 1 heterocycles. The quantitative estimate of drug-likeness (QED) is 0.721. The number of nitrogens with two attached hydrogens (primary N) is 1. The highest BCUT2D eigenvalue weighted by atomic mass is 32.2. The van der Waals surface area contributed by atoms with E-state index in [1.54, 1.807) is 19.9 Å². The van der Waals surface area contributed by atoms with Crippen molar-refractivity contribution >= 4 is 21.7 Å². The molecule has 7 nitrogen and oxygen atoms in total. The summed E-state index contributed by atoms with van der Waals surface area (Å²) in [5.41, 5.74) is 6.81. The van der Waals surface area contributed by atoms with Gasteiger partial charge in [0.05, 0.1) is 6.61 Å². The lowest BCUT2D eigenvalue weighted by Crippen LogP contribution is -2.42. The molecule has 0 saturated heterocycles. The van der Waals surface area contributed by atoms with E-state index in [1.807, 2.05) is 4.72 Å². The Morgan fingerprint density at radius 1 is 1.38 bits per heavy atom. The Bertz CT molecular complexity index is 656. The number of amides is 2. The maximum Gasteiger partial charge on any atom is 0.328 e. The second-order valence-electron chi connectivity index (χ2n) is 5.19. The summed E-state index contributed by atoms with van der Waals surface area (Å²) in [5, 5.41) is 2.46. The van der Waals surface area contributed by atoms with Crippen molar-refractivity contribution in [3.63, 3.8) is 0 Å². The van der Waals surface area contributed by atoms with Crippen LogP contribution in [0.1, 0.15) is 25.8 Å². The van der Waals surface area contributed by atoms with Crippen LogP contribution in [0, 0.1) is 0 Å². The predicted molar refractivity (Wildman–Crippen MR) is 78.7 cm³/mol. The average Bonchev–Trinajstić information content (AvgIpc) is 2.35. The van der Waals surface area contributed by atoms with Gasteiger partial charge in [-0.15, -0.1) is 0 Å². The lowest BCUT2D eigenvalue weighted by Gasteiger charge is -2.21. The minimum absolute atomic E-state index is 0.101. The van der Waals surface area contributed by atoms with Crippen molar-refractivity contribution in [3.8, 4) is 5.75 Å². The molecule has 0 fully saturated rings. The molecular weight excluding hydrogens is 294 g/mol. The van der Waals surface area contributed by atoms with Crippen LogP contribution in [-0.2, 0) is 16.4 Å². The van der Waals surface area contributed by atoms with Crippen LogP contribution in [0.3, 0.4) is 0 Å². The Balaban J connectivity index is 2.36. The third-order valence-corrected chi connectivity index (χ3v) is 4.26. The zero-order valence-electron chi connectivity index (χ0n) is 12.0. The number of nitrogen functional groups attached to an aromatic ring is 1. The van der Waals surface area contributed by atoms with E-state index < -0.39 is 16.1 Å². The number of hydrogen-bond acceptors (Lipinski definition) is 5. The van der Waals surface area contributed by atoms with Crippen LogP contribution in [0.25, 0.3) is 0 Å². The van der Waals surface area contributed by atoms with Crippen molar-refractivity contribution < 1.29 is 17.9 Å². The number of fused-ring (bicyclic) bond motifs is 1. The van der Waals surface area contributed by atoms with Gasteiger partial charge in [-0.3, -0.25) is 0 Å².